The van der Waals surface area contributed by atoms with Crippen molar-refractivity contribution >= 4 is 28.2 Å². The average Bonchev–Trinajstić information content (AvgIpc) is 3.04. The topological polar surface area (TPSA) is 139 Å². The van der Waals surface area contributed by atoms with Crippen LogP contribution in [0.1, 0.15) is 55.3 Å². The first kappa shape index (κ1) is 22.4. The van der Waals surface area contributed by atoms with Gasteiger partial charge in [0.2, 0.25) is 22.2 Å². The molecule has 1 heterocycles. The van der Waals surface area contributed by atoms with E-state index in [9.17, 15) is 27.9 Å². The molecule has 3 rings (SSSR count). The van der Waals surface area contributed by atoms with Gasteiger partial charge in [-0.15, -0.1) is 0 Å². The number of esters is 1. The lowest BCUT2D eigenvalue weighted by Gasteiger charge is -2.27. The average molecular weight is 439 g/mol. The predicted molar refractivity (Wildman–Crippen MR) is 106 cm³/mol. The van der Waals surface area contributed by atoms with Gasteiger partial charge in [0.1, 0.15) is 18.4 Å². The number of nitrogens with one attached hydrogen (secondary N) is 2. The van der Waals surface area contributed by atoms with Crippen LogP contribution in [0.2, 0.25) is 0 Å². The number of hydrogen-bond acceptors (Lipinski definition) is 7. The Morgan fingerprint density at radius 3 is 2.63 bits per heavy atom. The van der Waals surface area contributed by atoms with Crippen LogP contribution < -0.4 is 10.0 Å². The Morgan fingerprint density at radius 1 is 1.27 bits per heavy atom. The number of amides is 1. The van der Waals surface area contributed by atoms with E-state index in [2.05, 4.69) is 14.8 Å². The van der Waals surface area contributed by atoms with Gasteiger partial charge in [-0.3, -0.25) is 14.4 Å². The van der Waals surface area contributed by atoms with Crippen LogP contribution in [0.25, 0.3) is 0 Å². The van der Waals surface area contributed by atoms with Crippen molar-refractivity contribution in [2.75, 3.05) is 0 Å². The number of aliphatic hydroxyl groups is 1. The maximum atomic E-state index is 12.9. The fraction of sp³-hybridized carbons (Fsp3) is 0.550. The van der Waals surface area contributed by atoms with Crippen molar-refractivity contribution in [3.63, 3.8) is 0 Å². The van der Waals surface area contributed by atoms with Crippen LogP contribution in [0.5, 0.6) is 0 Å². The van der Waals surface area contributed by atoms with Gasteiger partial charge in [0.05, 0.1) is 11.3 Å². The second-order valence-electron chi connectivity index (χ2n) is 7.80. The van der Waals surface area contributed by atoms with Crippen molar-refractivity contribution < 1.29 is 32.6 Å². The highest BCUT2D eigenvalue weighted by Crippen LogP contribution is 2.28. The van der Waals surface area contributed by atoms with Crippen LogP contribution in [0, 0.1) is 5.92 Å². The summed E-state index contributed by atoms with van der Waals surface area (Å²) in [5.41, 5.74) is 0.205. The van der Waals surface area contributed by atoms with E-state index in [4.69, 9.17) is 0 Å². The number of carbonyl (C=O) groups excluding carboxylic acids is 3. The van der Waals surface area contributed by atoms with Gasteiger partial charge in [-0.2, -0.15) is 4.72 Å². The van der Waals surface area contributed by atoms with Gasteiger partial charge in [0, 0.05) is 5.56 Å². The van der Waals surface area contributed by atoms with Crippen molar-refractivity contribution in [1.29, 1.82) is 0 Å². The number of carbonyl (C=O) groups is 3. The standard InChI is InChI=1S/C20H26N2O7S/c23-12-14-7-4-8-15(9-14)30(27,28)22-16(10-13-5-2-1-3-6-13)19(25)21-17-11-18(24)29-20(17)26/h4,7-9,12-13,16-17,20,22,26H,1-3,5-6,10-11H2,(H,21,25)/t16-,17-,20?/m0/s1. The Bertz CT molecular complexity index is 896. The van der Waals surface area contributed by atoms with Crippen molar-refractivity contribution in [3.05, 3.63) is 29.8 Å². The lowest BCUT2D eigenvalue weighted by Crippen LogP contribution is -2.52. The molecular weight excluding hydrogens is 412 g/mol. The molecule has 2 fully saturated rings. The number of cyclic esters (lactones) is 1. The molecule has 1 aliphatic heterocycles. The van der Waals surface area contributed by atoms with Crippen molar-refractivity contribution in [2.45, 2.75) is 68.2 Å². The van der Waals surface area contributed by atoms with E-state index < -0.39 is 40.3 Å². The molecule has 1 aromatic carbocycles. The molecule has 0 bridgehead atoms. The van der Waals surface area contributed by atoms with Crippen molar-refractivity contribution in [2.24, 2.45) is 5.92 Å². The number of rotatable bonds is 8. The molecule has 0 spiro atoms. The highest BCUT2D eigenvalue weighted by atomic mass is 32.2. The van der Waals surface area contributed by atoms with E-state index in [-0.39, 0.29) is 22.8 Å². The second-order valence-corrected chi connectivity index (χ2v) is 9.52. The molecule has 1 aromatic rings. The van der Waals surface area contributed by atoms with E-state index >= 15 is 0 Å². The molecule has 1 saturated heterocycles. The summed E-state index contributed by atoms with van der Waals surface area (Å²) in [5, 5.41) is 12.3. The summed E-state index contributed by atoms with van der Waals surface area (Å²) >= 11 is 0. The zero-order valence-corrected chi connectivity index (χ0v) is 17.3. The maximum absolute atomic E-state index is 12.9. The van der Waals surface area contributed by atoms with E-state index in [0.717, 1.165) is 32.1 Å². The number of sulfonamides is 1. The van der Waals surface area contributed by atoms with Crippen LogP contribution in [0.4, 0.5) is 0 Å². The predicted octanol–water partition coefficient (Wildman–Crippen LogP) is 0.867. The van der Waals surface area contributed by atoms with Crippen molar-refractivity contribution in [3.8, 4) is 0 Å². The molecule has 0 aromatic heterocycles. The third-order valence-corrected chi connectivity index (χ3v) is 6.99. The van der Waals surface area contributed by atoms with Gasteiger partial charge in [-0.25, -0.2) is 8.42 Å². The van der Waals surface area contributed by atoms with Crippen LogP contribution in [0.15, 0.2) is 29.2 Å². The van der Waals surface area contributed by atoms with E-state index in [1.54, 1.807) is 0 Å². The highest BCUT2D eigenvalue weighted by molar-refractivity contribution is 7.89. The quantitative estimate of drug-likeness (QED) is 0.404. The Kier molecular flexibility index (Phi) is 7.22. The van der Waals surface area contributed by atoms with Crippen LogP contribution in [-0.2, 0) is 24.3 Å². The SMILES string of the molecule is O=Cc1cccc(S(=O)(=O)N[C@@H](CC2CCCCC2)C(=O)N[C@H]2CC(=O)OC2O)c1. The van der Waals surface area contributed by atoms with E-state index in [1.165, 1.54) is 24.3 Å². The first-order valence-corrected chi connectivity index (χ1v) is 11.5. The van der Waals surface area contributed by atoms with E-state index in [0.29, 0.717) is 12.7 Å². The fourth-order valence-corrected chi connectivity index (χ4v) is 5.19. The van der Waals surface area contributed by atoms with Crippen LogP contribution in [0.3, 0.4) is 0 Å². The Hall–Kier alpha value is -2.30. The summed E-state index contributed by atoms with van der Waals surface area (Å²) in [6.07, 6.45) is 4.17. The summed E-state index contributed by atoms with van der Waals surface area (Å²) in [6.45, 7) is 0. The third kappa shape index (κ3) is 5.65. The van der Waals surface area contributed by atoms with Gasteiger partial charge in [0.15, 0.2) is 0 Å². The summed E-state index contributed by atoms with van der Waals surface area (Å²) < 4.78 is 32.8. The monoisotopic (exact) mass is 438 g/mol. The number of ether oxygens (including phenoxy) is 1. The zero-order chi connectivity index (χ0) is 21.7. The number of benzene rings is 1. The summed E-state index contributed by atoms with van der Waals surface area (Å²) in [7, 11) is -4.08. The fourth-order valence-electron chi connectivity index (χ4n) is 3.93. The first-order valence-electron chi connectivity index (χ1n) is 10.0. The minimum Gasteiger partial charge on any atom is -0.434 e. The molecule has 9 nitrogen and oxygen atoms in total. The molecule has 30 heavy (non-hydrogen) atoms. The Balaban J connectivity index is 1.78. The van der Waals surface area contributed by atoms with Gasteiger partial charge >= 0.3 is 5.97 Å². The highest BCUT2D eigenvalue weighted by Gasteiger charge is 2.37. The molecule has 1 saturated carbocycles. The van der Waals surface area contributed by atoms with Crippen LogP contribution in [-0.4, -0.2) is 50.1 Å². The Labute approximate surface area is 175 Å². The molecule has 3 N–H and O–H groups in total. The molecule has 0 radical (unpaired) electrons. The minimum atomic E-state index is -4.08. The minimum absolute atomic E-state index is 0.118. The van der Waals surface area contributed by atoms with Gasteiger partial charge in [-0.05, 0) is 24.5 Å². The largest absolute Gasteiger partial charge is 0.434 e. The number of aliphatic hydroxyl groups excluding tert-OH is 1. The molecule has 1 amide bonds. The van der Waals surface area contributed by atoms with Gasteiger partial charge < -0.3 is 15.2 Å². The number of aldehydes is 1. The first-order chi connectivity index (χ1) is 14.3. The molecule has 164 valence electrons. The summed E-state index contributed by atoms with van der Waals surface area (Å²) in [5.74, 6) is -1.08. The molecular formula is C20H26N2O7S. The van der Waals surface area contributed by atoms with E-state index in [1.807, 2.05) is 0 Å². The zero-order valence-electron chi connectivity index (χ0n) is 16.5. The molecule has 1 aliphatic carbocycles. The molecule has 1 unspecified atom stereocenters. The molecule has 10 heteroatoms. The number of hydrogen-bond donors (Lipinski definition) is 3. The summed E-state index contributed by atoms with van der Waals surface area (Å²) in [6, 6.07) is 3.50. The van der Waals surface area contributed by atoms with Crippen molar-refractivity contribution in [1.82, 2.24) is 10.0 Å². The molecule has 3 atom stereocenters. The van der Waals surface area contributed by atoms with Gasteiger partial charge in [-0.1, -0.05) is 44.2 Å². The third-order valence-electron chi connectivity index (χ3n) is 5.52. The lowest BCUT2D eigenvalue weighted by atomic mass is 9.85. The van der Waals surface area contributed by atoms with Crippen LogP contribution >= 0.6 is 0 Å². The maximum Gasteiger partial charge on any atom is 0.310 e. The Morgan fingerprint density at radius 2 is 2.00 bits per heavy atom. The second kappa shape index (κ2) is 9.67. The smallest absolute Gasteiger partial charge is 0.310 e. The normalized spacial score (nSPS) is 23.6. The lowest BCUT2D eigenvalue weighted by molar-refractivity contribution is -0.155. The van der Waals surface area contributed by atoms with Gasteiger partial charge in [0.25, 0.3) is 0 Å². The summed E-state index contributed by atoms with van der Waals surface area (Å²) in [4.78, 5) is 35.1. The molecule has 2 aliphatic rings.